The minimum absolute atomic E-state index is 0.0274. The lowest BCUT2D eigenvalue weighted by Crippen LogP contribution is -2.40. The van der Waals surface area contributed by atoms with Gasteiger partial charge in [-0.2, -0.15) is 5.26 Å². The van der Waals surface area contributed by atoms with Crippen molar-refractivity contribution in [2.75, 3.05) is 0 Å². The number of benzene rings is 1. The molecule has 9 heteroatoms. The molecule has 0 radical (unpaired) electrons. The Hall–Kier alpha value is -2.92. The monoisotopic (exact) mass is 484 g/mol. The molecule has 2 aliphatic carbocycles. The standard InChI is InChI=1S/C25H26ClFN4O3/c26-19-10-17(27)6-14-8-20(30-22(14)19)21(32)9-15(5-13-1-2-13)23(33)29-18(12-28)7-16-11-25(3-4-25)31-24(16)34/h6,8,10,13,15-16,18,30H,1-5,7,9,11H2,(H,29,33)(H,31,34)/t15-,16-,18+/m1/s1. The fraction of sp³-hybridized carbons (Fsp3) is 0.520. The number of nitriles is 1. The number of hydrogen-bond acceptors (Lipinski definition) is 4. The Morgan fingerprint density at radius 1 is 1.26 bits per heavy atom. The molecule has 0 bridgehead atoms. The maximum Gasteiger partial charge on any atom is 0.224 e. The molecule has 5 rings (SSSR count). The fourth-order valence-electron chi connectivity index (χ4n) is 5.06. The maximum atomic E-state index is 13.7. The minimum Gasteiger partial charge on any atom is -0.351 e. The number of fused-ring (bicyclic) bond motifs is 1. The van der Waals surface area contributed by atoms with Crippen molar-refractivity contribution in [3.8, 4) is 6.07 Å². The van der Waals surface area contributed by atoms with Crippen molar-refractivity contribution < 1.29 is 18.8 Å². The highest BCUT2D eigenvalue weighted by Gasteiger charge is 2.52. The lowest BCUT2D eigenvalue weighted by atomic mass is 9.92. The topological polar surface area (TPSA) is 115 Å². The summed E-state index contributed by atoms with van der Waals surface area (Å²) in [6.45, 7) is 0. The number of aromatic amines is 1. The van der Waals surface area contributed by atoms with Gasteiger partial charge in [-0.15, -0.1) is 0 Å². The predicted molar refractivity (Wildman–Crippen MR) is 123 cm³/mol. The number of aromatic nitrogens is 1. The minimum atomic E-state index is -0.788. The molecule has 34 heavy (non-hydrogen) atoms. The van der Waals surface area contributed by atoms with Crippen molar-refractivity contribution in [2.24, 2.45) is 17.8 Å². The molecular weight excluding hydrogens is 459 g/mol. The lowest BCUT2D eigenvalue weighted by Gasteiger charge is -2.20. The molecule has 178 valence electrons. The van der Waals surface area contributed by atoms with Gasteiger partial charge in [0.15, 0.2) is 5.78 Å². The van der Waals surface area contributed by atoms with E-state index in [9.17, 15) is 24.0 Å². The van der Waals surface area contributed by atoms with Gasteiger partial charge in [-0.1, -0.05) is 24.4 Å². The van der Waals surface area contributed by atoms with Crippen molar-refractivity contribution in [2.45, 2.75) is 62.9 Å². The van der Waals surface area contributed by atoms with E-state index < -0.39 is 17.8 Å². The molecule has 7 nitrogen and oxygen atoms in total. The van der Waals surface area contributed by atoms with E-state index in [0.717, 1.165) is 25.7 Å². The van der Waals surface area contributed by atoms with Crippen LogP contribution in [0.15, 0.2) is 18.2 Å². The number of nitrogens with one attached hydrogen (secondary N) is 3. The second-order valence-electron chi connectivity index (χ2n) is 10.1. The second kappa shape index (κ2) is 8.70. The van der Waals surface area contributed by atoms with Crippen LogP contribution in [0.3, 0.4) is 0 Å². The normalized spacial score (nSPS) is 22.3. The van der Waals surface area contributed by atoms with Gasteiger partial charge in [0.05, 0.1) is 22.3 Å². The van der Waals surface area contributed by atoms with Crippen LogP contribution in [0.2, 0.25) is 5.02 Å². The Labute approximate surface area is 201 Å². The molecule has 1 saturated heterocycles. The summed E-state index contributed by atoms with van der Waals surface area (Å²) in [5, 5.41) is 16.1. The number of halogens is 2. The Kier molecular flexibility index (Phi) is 5.85. The maximum absolute atomic E-state index is 13.7. The Balaban J connectivity index is 1.26. The van der Waals surface area contributed by atoms with Crippen molar-refractivity contribution in [3.05, 3.63) is 34.7 Å². The third-order valence-corrected chi connectivity index (χ3v) is 7.60. The van der Waals surface area contributed by atoms with Gasteiger partial charge in [0.2, 0.25) is 11.8 Å². The van der Waals surface area contributed by atoms with Gasteiger partial charge in [-0.05, 0) is 56.2 Å². The lowest BCUT2D eigenvalue weighted by molar-refractivity contribution is -0.127. The van der Waals surface area contributed by atoms with Gasteiger partial charge in [0.25, 0.3) is 0 Å². The molecule has 1 aliphatic heterocycles. The molecule has 3 N–H and O–H groups in total. The van der Waals surface area contributed by atoms with Gasteiger partial charge in [0.1, 0.15) is 11.9 Å². The van der Waals surface area contributed by atoms with Crippen molar-refractivity contribution in [1.29, 1.82) is 5.26 Å². The molecule has 3 fully saturated rings. The van der Waals surface area contributed by atoms with Crippen molar-refractivity contribution in [3.63, 3.8) is 0 Å². The summed E-state index contributed by atoms with van der Waals surface area (Å²) in [6.07, 6.45) is 5.49. The number of carbonyl (C=O) groups excluding carboxylic acids is 3. The quantitative estimate of drug-likeness (QED) is 0.466. The number of H-pyrrole nitrogens is 1. The first-order valence-electron chi connectivity index (χ1n) is 11.8. The zero-order valence-electron chi connectivity index (χ0n) is 18.6. The molecule has 2 saturated carbocycles. The van der Waals surface area contributed by atoms with Crippen LogP contribution in [0, 0.1) is 34.9 Å². The first-order chi connectivity index (χ1) is 16.2. The van der Waals surface area contributed by atoms with Gasteiger partial charge < -0.3 is 15.6 Å². The molecule has 2 heterocycles. The number of rotatable bonds is 9. The highest BCUT2D eigenvalue weighted by Crippen LogP contribution is 2.46. The fourth-order valence-corrected chi connectivity index (χ4v) is 5.32. The van der Waals surface area contributed by atoms with Crippen molar-refractivity contribution in [1.82, 2.24) is 15.6 Å². The number of ketones is 1. The van der Waals surface area contributed by atoms with Crippen LogP contribution in [0.25, 0.3) is 10.9 Å². The van der Waals surface area contributed by atoms with E-state index in [4.69, 9.17) is 11.6 Å². The van der Waals surface area contributed by atoms with Gasteiger partial charge in [-0.25, -0.2) is 4.39 Å². The molecule has 1 aromatic carbocycles. The van der Waals surface area contributed by atoms with E-state index in [0.29, 0.717) is 29.7 Å². The van der Waals surface area contributed by atoms with Gasteiger partial charge in [-0.3, -0.25) is 14.4 Å². The summed E-state index contributed by atoms with van der Waals surface area (Å²) in [4.78, 5) is 41.3. The van der Waals surface area contributed by atoms with Crippen LogP contribution < -0.4 is 10.6 Å². The molecule has 2 aromatic rings. The van der Waals surface area contributed by atoms with E-state index in [2.05, 4.69) is 21.7 Å². The summed E-state index contributed by atoms with van der Waals surface area (Å²) >= 11 is 6.08. The smallest absolute Gasteiger partial charge is 0.224 e. The molecule has 2 amide bonds. The van der Waals surface area contributed by atoms with Gasteiger partial charge in [0, 0.05) is 29.2 Å². The van der Waals surface area contributed by atoms with Crippen LogP contribution in [0.5, 0.6) is 0 Å². The molecule has 3 atom stereocenters. The molecule has 1 spiro atoms. The predicted octanol–water partition coefficient (Wildman–Crippen LogP) is 4.02. The van der Waals surface area contributed by atoms with Crippen LogP contribution in [-0.2, 0) is 9.59 Å². The summed E-state index contributed by atoms with van der Waals surface area (Å²) in [5.41, 5.74) is 0.658. The third-order valence-electron chi connectivity index (χ3n) is 7.31. The number of Topliss-reactive ketones (excluding diaryl/α,β-unsaturated/α-hetero) is 1. The first-order valence-corrected chi connectivity index (χ1v) is 12.2. The largest absolute Gasteiger partial charge is 0.351 e. The summed E-state index contributed by atoms with van der Waals surface area (Å²) in [6, 6.07) is 5.34. The Morgan fingerprint density at radius 3 is 2.68 bits per heavy atom. The number of amides is 2. The average molecular weight is 485 g/mol. The van der Waals surface area contributed by atoms with Crippen LogP contribution in [-0.4, -0.2) is 34.2 Å². The zero-order valence-corrected chi connectivity index (χ0v) is 19.4. The van der Waals surface area contributed by atoms with E-state index in [-0.39, 0.29) is 52.6 Å². The van der Waals surface area contributed by atoms with Crippen LogP contribution in [0.4, 0.5) is 4.39 Å². The summed E-state index contributed by atoms with van der Waals surface area (Å²) in [5.74, 6) is -1.63. The number of hydrogen-bond donors (Lipinski definition) is 3. The molecule has 3 aliphatic rings. The summed E-state index contributed by atoms with van der Waals surface area (Å²) < 4.78 is 13.7. The second-order valence-corrected chi connectivity index (χ2v) is 10.5. The van der Waals surface area contributed by atoms with Crippen LogP contribution >= 0.6 is 11.6 Å². The molecular formula is C25H26ClFN4O3. The first kappa shape index (κ1) is 22.9. The third kappa shape index (κ3) is 4.80. The average Bonchev–Trinajstić information content (AvgIpc) is 3.68. The highest BCUT2D eigenvalue weighted by molar-refractivity contribution is 6.35. The van der Waals surface area contributed by atoms with Gasteiger partial charge >= 0.3 is 0 Å². The van der Waals surface area contributed by atoms with E-state index in [1.165, 1.54) is 12.1 Å². The number of nitrogens with zero attached hydrogens (tertiary/aromatic N) is 1. The summed E-state index contributed by atoms with van der Waals surface area (Å²) in [7, 11) is 0. The zero-order chi connectivity index (χ0) is 24.0. The Morgan fingerprint density at radius 2 is 2.03 bits per heavy atom. The highest BCUT2D eigenvalue weighted by atomic mass is 35.5. The van der Waals surface area contributed by atoms with Crippen LogP contribution in [0.1, 0.15) is 61.9 Å². The Bertz CT molecular complexity index is 1210. The van der Waals surface area contributed by atoms with Crippen molar-refractivity contribution >= 4 is 40.1 Å². The van der Waals surface area contributed by atoms with E-state index in [1.54, 1.807) is 6.07 Å². The molecule has 1 aromatic heterocycles. The SMILES string of the molecule is N#C[C@H](C[C@@H]1CC2(CC2)NC1=O)NC(=O)[C@@H](CC(=O)c1cc2cc(F)cc(Cl)c2[nH]1)CC1CC1. The number of carbonyl (C=O) groups is 3. The molecule has 0 unspecified atom stereocenters. The van der Waals surface area contributed by atoms with E-state index in [1.807, 2.05) is 0 Å². The van der Waals surface area contributed by atoms with E-state index >= 15 is 0 Å².